The standard InChI is InChI=1S/C21H19FN4O2/c1-13-12-17(22)26-19(15-7-8-15)25-18(20(26)23-13)21(27)24-16-9-5-14(6-10-16)4-3-11-28-2/h5-6,9-10,12,15H,7-8,11H2,1-2H3,(H,24,27). The Kier molecular flexibility index (Phi) is 4.80. The number of benzene rings is 1. The monoisotopic (exact) mass is 378 g/mol. The Morgan fingerprint density at radius 2 is 2.07 bits per heavy atom. The number of halogens is 1. The maximum Gasteiger partial charge on any atom is 0.278 e. The second-order valence-corrected chi connectivity index (χ2v) is 6.74. The first-order valence-corrected chi connectivity index (χ1v) is 9.01. The minimum Gasteiger partial charge on any atom is -0.372 e. The van der Waals surface area contributed by atoms with Gasteiger partial charge < -0.3 is 10.1 Å². The molecule has 3 aromatic rings. The summed E-state index contributed by atoms with van der Waals surface area (Å²) in [6.45, 7) is 2.05. The molecular formula is C21H19FN4O2. The minimum atomic E-state index is -0.449. The highest BCUT2D eigenvalue weighted by molar-refractivity contribution is 6.07. The number of aromatic nitrogens is 3. The number of ether oxygens (including phenoxy) is 1. The first kappa shape index (κ1) is 18.1. The third-order valence-corrected chi connectivity index (χ3v) is 4.45. The zero-order valence-corrected chi connectivity index (χ0v) is 15.6. The lowest BCUT2D eigenvalue weighted by Crippen LogP contribution is -2.13. The summed E-state index contributed by atoms with van der Waals surface area (Å²) in [5.74, 6) is 5.71. The summed E-state index contributed by atoms with van der Waals surface area (Å²) >= 11 is 0. The van der Waals surface area contributed by atoms with Gasteiger partial charge in [-0.25, -0.2) is 9.97 Å². The quantitative estimate of drug-likeness (QED) is 0.559. The molecule has 7 heteroatoms. The fourth-order valence-corrected chi connectivity index (χ4v) is 2.98. The Labute approximate surface area is 161 Å². The van der Waals surface area contributed by atoms with Gasteiger partial charge in [-0.15, -0.1) is 0 Å². The van der Waals surface area contributed by atoms with E-state index in [1.165, 1.54) is 10.5 Å². The van der Waals surface area contributed by atoms with Crippen LogP contribution in [-0.4, -0.2) is 34.0 Å². The Morgan fingerprint density at radius 3 is 2.75 bits per heavy atom. The molecule has 0 aliphatic heterocycles. The van der Waals surface area contributed by atoms with Crippen LogP contribution in [0.3, 0.4) is 0 Å². The number of hydrogen-bond donors (Lipinski definition) is 1. The highest BCUT2D eigenvalue weighted by atomic mass is 19.1. The molecule has 1 aliphatic rings. The lowest BCUT2D eigenvalue weighted by Gasteiger charge is -2.04. The lowest BCUT2D eigenvalue weighted by molar-refractivity contribution is 0.102. The van der Waals surface area contributed by atoms with Crippen molar-refractivity contribution in [2.45, 2.75) is 25.7 Å². The van der Waals surface area contributed by atoms with Gasteiger partial charge in [0, 0.05) is 36.0 Å². The van der Waals surface area contributed by atoms with Gasteiger partial charge in [0.1, 0.15) is 12.4 Å². The summed E-state index contributed by atoms with van der Waals surface area (Å²) in [6.07, 6.45) is 1.89. The molecule has 4 rings (SSSR count). The average molecular weight is 378 g/mol. The summed E-state index contributed by atoms with van der Waals surface area (Å²) in [5.41, 5.74) is 2.30. The number of imidazole rings is 1. The van der Waals surface area contributed by atoms with Crippen molar-refractivity contribution in [3.05, 3.63) is 59.1 Å². The normalized spacial score (nSPS) is 13.2. The predicted octanol–water partition coefficient (Wildman–Crippen LogP) is 3.30. The Bertz CT molecular complexity index is 1110. The molecule has 1 N–H and O–H groups in total. The number of aryl methyl sites for hydroxylation is 1. The molecule has 0 saturated heterocycles. The highest BCUT2D eigenvalue weighted by Crippen LogP contribution is 2.40. The first-order valence-electron chi connectivity index (χ1n) is 9.01. The van der Waals surface area contributed by atoms with E-state index in [0.717, 1.165) is 18.4 Å². The fourth-order valence-electron chi connectivity index (χ4n) is 2.98. The number of nitrogens with one attached hydrogen (secondary N) is 1. The number of nitrogens with zero attached hydrogens (tertiary/aromatic N) is 3. The molecule has 0 bridgehead atoms. The van der Waals surface area contributed by atoms with Crippen LogP contribution >= 0.6 is 0 Å². The summed E-state index contributed by atoms with van der Waals surface area (Å²) < 4.78 is 20.7. The molecule has 0 atom stereocenters. The van der Waals surface area contributed by atoms with E-state index in [9.17, 15) is 9.18 Å². The largest absolute Gasteiger partial charge is 0.372 e. The van der Waals surface area contributed by atoms with Crippen molar-refractivity contribution in [2.24, 2.45) is 0 Å². The van der Waals surface area contributed by atoms with E-state index in [1.54, 1.807) is 38.3 Å². The van der Waals surface area contributed by atoms with Crippen LogP contribution in [0, 0.1) is 24.7 Å². The van der Waals surface area contributed by atoms with Gasteiger partial charge in [-0.3, -0.25) is 9.20 Å². The minimum absolute atomic E-state index is 0.133. The molecule has 1 aromatic carbocycles. The zero-order valence-electron chi connectivity index (χ0n) is 15.6. The summed E-state index contributed by atoms with van der Waals surface area (Å²) in [6, 6.07) is 8.48. The molecule has 2 heterocycles. The van der Waals surface area contributed by atoms with Gasteiger partial charge in [0.15, 0.2) is 11.3 Å². The van der Waals surface area contributed by atoms with Crippen LogP contribution in [0.1, 0.15) is 46.3 Å². The maximum absolute atomic E-state index is 14.5. The van der Waals surface area contributed by atoms with Crippen LogP contribution < -0.4 is 5.32 Å². The first-order chi connectivity index (χ1) is 13.6. The summed E-state index contributed by atoms with van der Waals surface area (Å²) in [4.78, 5) is 21.6. The molecule has 0 radical (unpaired) electrons. The topological polar surface area (TPSA) is 68.5 Å². The van der Waals surface area contributed by atoms with Gasteiger partial charge in [-0.05, 0) is 44.0 Å². The number of hydrogen-bond acceptors (Lipinski definition) is 4. The van der Waals surface area contributed by atoms with Crippen LogP contribution in [-0.2, 0) is 4.74 Å². The highest BCUT2D eigenvalue weighted by Gasteiger charge is 2.32. The van der Waals surface area contributed by atoms with E-state index in [0.29, 0.717) is 23.8 Å². The van der Waals surface area contributed by atoms with Crippen molar-refractivity contribution < 1.29 is 13.9 Å². The summed E-state index contributed by atoms with van der Waals surface area (Å²) in [5, 5.41) is 2.81. The number of fused-ring (bicyclic) bond motifs is 1. The molecule has 6 nitrogen and oxygen atoms in total. The van der Waals surface area contributed by atoms with E-state index in [4.69, 9.17) is 4.74 Å². The zero-order chi connectivity index (χ0) is 19.7. The molecule has 142 valence electrons. The molecule has 28 heavy (non-hydrogen) atoms. The Hall–Kier alpha value is -3.24. The van der Waals surface area contributed by atoms with Crippen molar-refractivity contribution in [3.63, 3.8) is 0 Å². The molecule has 1 amide bonds. The van der Waals surface area contributed by atoms with E-state index in [1.807, 2.05) is 0 Å². The van der Waals surface area contributed by atoms with Crippen LogP contribution in [0.4, 0.5) is 10.1 Å². The second-order valence-electron chi connectivity index (χ2n) is 6.74. The van der Waals surface area contributed by atoms with E-state index >= 15 is 0 Å². The van der Waals surface area contributed by atoms with Gasteiger partial charge in [0.05, 0.1) is 0 Å². The smallest absolute Gasteiger partial charge is 0.278 e. The van der Waals surface area contributed by atoms with Gasteiger partial charge in [-0.2, -0.15) is 4.39 Å². The summed E-state index contributed by atoms with van der Waals surface area (Å²) in [7, 11) is 1.59. The lowest BCUT2D eigenvalue weighted by atomic mass is 10.2. The molecule has 1 aliphatic carbocycles. The molecule has 0 unspecified atom stereocenters. The SMILES string of the molecule is COCC#Cc1ccc(NC(=O)c2nc(C3CC3)n3c(F)cc(C)nc23)cc1. The third kappa shape index (κ3) is 3.59. The molecular weight excluding hydrogens is 359 g/mol. The van der Waals surface area contributed by atoms with Crippen molar-refractivity contribution in [1.82, 2.24) is 14.4 Å². The predicted molar refractivity (Wildman–Crippen MR) is 103 cm³/mol. The van der Waals surface area contributed by atoms with Crippen molar-refractivity contribution >= 4 is 17.2 Å². The van der Waals surface area contributed by atoms with Crippen LogP contribution in [0.15, 0.2) is 30.3 Å². The van der Waals surface area contributed by atoms with Gasteiger partial charge in [0.2, 0.25) is 5.95 Å². The van der Waals surface area contributed by atoms with Crippen LogP contribution in [0.25, 0.3) is 5.65 Å². The van der Waals surface area contributed by atoms with Gasteiger partial charge >= 0.3 is 0 Å². The van der Waals surface area contributed by atoms with Gasteiger partial charge in [-0.1, -0.05) is 11.8 Å². The Balaban J connectivity index is 1.62. The number of amides is 1. The third-order valence-electron chi connectivity index (χ3n) is 4.45. The van der Waals surface area contributed by atoms with Crippen LogP contribution in [0.5, 0.6) is 0 Å². The molecule has 2 aromatic heterocycles. The number of rotatable bonds is 4. The molecule has 1 fully saturated rings. The van der Waals surface area contributed by atoms with Crippen molar-refractivity contribution in [3.8, 4) is 11.8 Å². The fraction of sp³-hybridized carbons (Fsp3) is 0.286. The second kappa shape index (κ2) is 7.41. The average Bonchev–Trinajstić information content (AvgIpc) is 3.44. The number of carbonyl (C=O) groups excluding carboxylic acids is 1. The van der Waals surface area contributed by atoms with E-state index in [-0.39, 0.29) is 17.3 Å². The number of methoxy groups -OCH3 is 1. The van der Waals surface area contributed by atoms with Crippen molar-refractivity contribution in [2.75, 3.05) is 19.0 Å². The number of anilines is 1. The van der Waals surface area contributed by atoms with E-state index < -0.39 is 11.9 Å². The Morgan fingerprint density at radius 1 is 1.32 bits per heavy atom. The number of carbonyl (C=O) groups is 1. The van der Waals surface area contributed by atoms with E-state index in [2.05, 4.69) is 27.1 Å². The molecule has 0 spiro atoms. The van der Waals surface area contributed by atoms with Crippen molar-refractivity contribution in [1.29, 1.82) is 0 Å². The maximum atomic E-state index is 14.5. The molecule has 1 saturated carbocycles. The van der Waals surface area contributed by atoms with Gasteiger partial charge in [0.25, 0.3) is 5.91 Å². The van der Waals surface area contributed by atoms with Crippen LogP contribution in [0.2, 0.25) is 0 Å².